The maximum absolute atomic E-state index is 12.0. The van der Waals surface area contributed by atoms with Gasteiger partial charge in [-0.15, -0.1) is 11.3 Å². The molecule has 0 radical (unpaired) electrons. The molecule has 9 heteroatoms. The van der Waals surface area contributed by atoms with Crippen molar-refractivity contribution in [1.82, 2.24) is 25.6 Å². The van der Waals surface area contributed by atoms with Crippen molar-refractivity contribution >= 4 is 34.3 Å². The van der Waals surface area contributed by atoms with Crippen molar-refractivity contribution in [3.8, 4) is 0 Å². The van der Waals surface area contributed by atoms with Crippen LogP contribution in [0.2, 0.25) is 0 Å². The SMILES string of the molecule is CCOC(=O)c1sc(C(C)NC(=NC)NCCc2nc3ccccc3[nH]2)nc1C. The minimum absolute atomic E-state index is 0.0979. The third kappa shape index (κ3) is 5.11. The molecule has 0 saturated heterocycles. The monoisotopic (exact) mass is 414 g/mol. The van der Waals surface area contributed by atoms with Gasteiger partial charge in [-0.05, 0) is 32.9 Å². The van der Waals surface area contributed by atoms with Crippen LogP contribution in [0.4, 0.5) is 0 Å². The van der Waals surface area contributed by atoms with Gasteiger partial charge < -0.3 is 20.4 Å². The van der Waals surface area contributed by atoms with Gasteiger partial charge >= 0.3 is 5.97 Å². The molecule has 29 heavy (non-hydrogen) atoms. The van der Waals surface area contributed by atoms with E-state index < -0.39 is 0 Å². The Hall–Kier alpha value is -2.94. The third-order valence-corrected chi connectivity index (χ3v) is 5.63. The van der Waals surface area contributed by atoms with Crippen molar-refractivity contribution in [2.24, 2.45) is 4.99 Å². The highest BCUT2D eigenvalue weighted by molar-refractivity contribution is 7.13. The molecule has 0 fully saturated rings. The van der Waals surface area contributed by atoms with Gasteiger partial charge in [0.05, 0.1) is 29.4 Å². The summed E-state index contributed by atoms with van der Waals surface area (Å²) in [5.41, 5.74) is 2.69. The Morgan fingerprint density at radius 2 is 2.14 bits per heavy atom. The quantitative estimate of drug-likeness (QED) is 0.312. The van der Waals surface area contributed by atoms with E-state index in [9.17, 15) is 4.79 Å². The number of nitrogens with one attached hydrogen (secondary N) is 3. The number of rotatable bonds is 7. The molecule has 0 aliphatic heterocycles. The number of fused-ring (bicyclic) bond motifs is 1. The molecule has 1 aromatic carbocycles. The molecule has 2 aromatic heterocycles. The Morgan fingerprint density at radius 1 is 1.34 bits per heavy atom. The third-order valence-electron chi connectivity index (χ3n) is 4.31. The van der Waals surface area contributed by atoms with Crippen molar-refractivity contribution in [2.45, 2.75) is 33.2 Å². The molecule has 0 amide bonds. The Kier molecular flexibility index (Phi) is 6.82. The van der Waals surface area contributed by atoms with Crippen molar-refractivity contribution in [2.75, 3.05) is 20.2 Å². The number of aromatic nitrogens is 3. The van der Waals surface area contributed by atoms with E-state index in [1.807, 2.05) is 38.1 Å². The van der Waals surface area contributed by atoms with E-state index >= 15 is 0 Å². The van der Waals surface area contributed by atoms with Crippen molar-refractivity contribution < 1.29 is 9.53 Å². The molecular formula is C20H26N6O2S. The molecule has 1 atom stereocenters. The van der Waals surface area contributed by atoms with Gasteiger partial charge in [0, 0.05) is 20.0 Å². The van der Waals surface area contributed by atoms with Crippen LogP contribution in [0.5, 0.6) is 0 Å². The van der Waals surface area contributed by atoms with E-state index in [2.05, 4.69) is 30.6 Å². The number of H-pyrrole nitrogens is 1. The van der Waals surface area contributed by atoms with Crippen molar-refractivity contribution in [3.05, 3.63) is 45.7 Å². The van der Waals surface area contributed by atoms with Crippen LogP contribution in [0.3, 0.4) is 0 Å². The second-order valence-electron chi connectivity index (χ2n) is 6.50. The topological polar surface area (TPSA) is 104 Å². The zero-order valence-electron chi connectivity index (χ0n) is 17.1. The summed E-state index contributed by atoms with van der Waals surface area (Å²) >= 11 is 1.35. The van der Waals surface area contributed by atoms with Crippen LogP contribution in [0.25, 0.3) is 11.0 Å². The predicted octanol–water partition coefficient (Wildman–Crippen LogP) is 2.97. The zero-order valence-corrected chi connectivity index (χ0v) is 17.9. The van der Waals surface area contributed by atoms with Crippen LogP contribution in [-0.2, 0) is 11.2 Å². The Balaban J connectivity index is 1.55. The van der Waals surface area contributed by atoms with Crippen LogP contribution in [0.1, 0.15) is 46.1 Å². The molecule has 0 bridgehead atoms. The number of esters is 1. The highest BCUT2D eigenvalue weighted by Crippen LogP contribution is 2.24. The summed E-state index contributed by atoms with van der Waals surface area (Å²) in [6, 6.07) is 7.88. The second-order valence-corrected chi connectivity index (χ2v) is 7.53. The summed E-state index contributed by atoms with van der Waals surface area (Å²) in [5.74, 6) is 1.27. The Labute approximate surface area is 173 Å². The number of thiazole rings is 1. The number of para-hydroxylation sites is 2. The van der Waals surface area contributed by atoms with Crippen LogP contribution in [-0.4, -0.2) is 47.1 Å². The highest BCUT2D eigenvalue weighted by atomic mass is 32.1. The number of hydrogen-bond donors (Lipinski definition) is 3. The van der Waals surface area contributed by atoms with E-state index in [0.29, 0.717) is 29.7 Å². The van der Waals surface area contributed by atoms with E-state index in [0.717, 1.165) is 28.3 Å². The van der Waals surface area contributed by atoms with Gasteiger partial charge in [0.15, 0.2) is 5.96 Å². The summed E-state index contributed by atoms with van der Waals surface area (Å²) in [7, 11) is 1.72. The fraction of sp³-hybridized carbons (Fsp3) is 0.400. The van der Waals surface area contributed by atoms with Gasteiger partial charge in [0.2, 0.25) is 0 Å². The zero-order chi connectivity index (χ0) is 20.8. The normalized spacial score (nSPS) is 12.8. The van der Waals surface area contributed by atoms with E-state index in [4.69, 9.17) is 4.74 Å². The van der Waals surface area contributed by atoms with Crippen molar-refractivity contribution in [3.63, 3.8) is 0 Å². The molecule has 1 unspecified atom stereocenters. The standard InChI is InChI=1S/C20H26N6O2S/c1-5-28-19(27)17-12(2)23-18(29-17)13(3)24-20(21-4)22-11-10-16-25-14-8-6-7-9-15(14)26-16/h6-9,13H,5,10-11H2,1-4H3,(H,25,26)(H2,21,22,24). The van der Waals surface area contributed by atoms with Gasteiger partial charge in [0.1, 0.15) is 15.7 Å². The first-order valence-electron chi connectivity index (χ1n) is 9.57. The predicted molar refractivity (Wildman–Crippen MR) is 116 cm³/mol. The number of guanidine groups is 1. The molecule has 8 nitrogen and oxygen atoms in total. The summed E-state index contributed by atoms with van der Waals surface area (Å²) in [4.78, 5) is 29.2. The number of aryl methyl sites for hydroxylation is 1. The summed E-state index contributed by atoms with van der Waals surface area (Å²) in [6.45, 7) is 6.62. The summed E-state index contributed by atoms with van der Waals surface area (Å²) in [5, 5.41) is 7.41. The minimum Gasteiger partial charge on any atom is -0.462 e. The van der Waals surface area contributed by atoms with Gasteiger partial charge in [-0.3, -0.25) is 4.99 Å². The average molecular weight is 415 g/mol. The lowest BCUT2D eigenvalue weighted by atomic mass is 10.3. The number of carbonyl (C=O) groups excluding carboxylic acids is 1. The lowest BCUT2D eigenvalue weighted by molar-refractivity contribution is 0.0531. The Morgan fingerprint density at radius 3 is 2.86 bits per heavy atom. The lowest BCUT2D eigenvalue weighted by Gasteiger charge is -2.15. The van der Waals surface area contributed by atoms with E-state index in [1.165, 1.54) is 11.3 Å². The summed E-state index contributed by atoms with van der Waals surface area (Å²) < 4.78 is 5.09. The molecule has 0 aliphatic rings. The second kappa shape index (κ2) is 9.51. The van der Waals surface area contributed by atoms with Crippen LogP contribution in [0.15, 0.2) is 29.3 Å². The number of ether oxygens (including phenoxy) is 1. The van der Waals surface area contributed by atoms with Gasteiger partial charge in [0.25, 0.3) is 0 Å². The molecule has 0 saturated carbocycles. The largest absolute Gasteiger partial charge is 0.462 e. The molecule has 0 spiro atoms. The maximum Gasteiger partial charge on any atom is 0.350 e. The smallest absolute Gasteiger partial charge is 0.350 e. The first kappa shape index (κ1) is 20.8. The van der Waals surface area contributed by atoms with E-state index in [1.54, 1.807) is 14.0 Å². The maximum atomic E-state index is 12.0. The van der Waals surface area contributed by atoms with Gasteiger partial charge in [-0.25, -0.2) is 14.8 Å². The molecule has 2 heterocycles. The average Bonchev–Trinajstić information content (AvgIpc) is 3.30. The first-order valence-corrected chi connectivity index (χ1v) is 10.4. The van der Waals surface area contributed by atoms with Crippen LogP contribution < -0.4 is 10.6 Å². The number of nitrogens with zero attached hydrogens (tertiary/aromatic N) is 3. The minimum atomic E-state index is -0.325. The Bertz CT molecular complexity index is 976. The highest BCUT2D eigenvalue weighted by Gasteiger charge is 2.20. The number of carbonyl (C=O) groups is 1. The molecular weight excluding hydrogens is 388 g/mol. The van der Waals surface area contributed by atoms with Crippen molar-refractivity contribution in [1.29, 1.82) is 0 Å². The van der Waals surface area contributed by atoms with Gasteiger partial charge in [-0.2, -0.15) is 0 Å². The van der Waals surface area contributed by atoms with Crippen LogP contribution >= 0.6 is 11.3 Å². The number of aliphatic imine (C=N–C) groups is 1. The molecule has 154 valence electrons. The molecule has 3 rings (SSSR count). The van der Waals surface area contributed by atoms with Crippen LogP contribution in [0, 0.1) is 6.92 Å². The number of benzene rings is 1. The fourth-order valence-electron chi connectivity index (χ4n) is 2.87. The van der Waals surface area contributed by atoms with Gasteiger partial charge in [-0.1, -0.05) is 12.1 Å². The molecule has 3 N–H and O–H groups in total. The molecule has 3 aromatic rings. The number of imidazole rings is 1. The summed E-state index contributed by atoms with van der Waals surface area (Å²) in [6.07, 6.45) is 0.743. The van der Waals surface area contributed by atoms with E-state index in [-0.39, 0.29) is 12.0 Å². The molecule has 0 aliphatic carbocycles. The lowest BCUT2D eigenvalue weighted by Crippen LogP contribution is -2.39. The fourth-order valence-corrected chi connectivity index (χ4v) is 3.84. The number of hydrogen-bond acceptors (Lipinski definition) is 6. The number of aromatic amines is 1. The first-order chi connectivity index (χ1) is 14.0.